The van der Waals surface area contributed by atoms with Gasteiger partial charge in [0.1, 0.15) is 5.69 Å². The summed E-state index contributed by atoms with van der Waals surface area (Å²) in [6.07, 6.45) is 0.271. The molecule has 0 aliphatic carbocycles. The predicted octanol–water partition coefficient (Wildman–Crippen LogP) is 1.86. The standard InChI is InChI=1S/C12H18N6O2/c1-8(2)17(7-5-6-13)11-10(18(19)20)9(3)15-12(14-4)16-11/h8H,5,7H2,1-4H3,(H,14,15,16). The zero-order chi connectivity index (χ0) is 15.3. The maximum atomic E-state index is 11.3. The molecule has 1 heterocycles. The molecule has 0 amide bonds. The van der Waals surface area contributed by atoms with Crippen molar-refractivity contribution in [3.05, 3.63) is 15.8 Å². The van der Waals surface area contributed by atoms with E-state index in [-0.39, 0.29) is 24.0 Å². The number of nitrogens with one attached hydrogen (secondary N) is 1. The minimum absolute atomic E-state index is 0.0129. The summed E-state index contributed by atoms with van der Waals surface area (Å²) in [5.74, 6) is 0.572. The highest BCUT2D eigenvalue weighted by Crippen LogP contribution is 2.31. The summed E-state index contributed by atoms with van der Waals surface area (Å²) in [7, 11) is 1.65. The maximum Gasteiger partial charge on any atom is 0.332 e. The summed E-state index contributed by atoms with van der Waals surface area (Å²) >= 11 is 0. The molecule has 108 valence electrons. The number of aromatic nitrogens is 2. The first kappa shape index (κ1) is 15.6. The zero-order valence-corrected chi connectivity index (χ0v) is 12.0. The zero-order valence-electron chi connectivity index (χ0n) is 12.0. The molecule has 0 saturated carbocycles. The normalized spacial score (nSPS) is 10.2. The topological polar surface area (TPSA) is 108 Å². The summed E-state index contributed by atoms with van der Waals surface area (Å²) in [6, 6.07) is 2.03. The minimum Gasteiger partial charge on any atom is -0.357 e. The number of hydrogen-bond donors (Lipinski definition) is 1. The molecule has 1 N–H and O–H groups in total. The Labute approximate surface area is 117 Å². The van der Waals surface area contributed by atoms with Crippen molar-refractivity contribution in [1.82, 2.24) is 9.97 Å². The first-order valence-corrected chi connectivity index (χ1v) is 6.26. The Morgan fingerprint density at radius 2 is 2.15 bits per heavy atom. The largest absolute Gasteiger partial charge is 0.357 e. The number of nitrogens with zero attached hydrogens (tertiary/aromatic N) is 5. The lowest BCUT2D eigenvalue weighted by Crippen LogP contribution is -2.33. The summed E-state index contributed by atoms with van der Waals surface area (Å²) in [5.41, 5.74) is 0.183. The fraction of sp³-hybridized carbons (Fsp3) is 0.583. The van der Waals surface area contributed by atoms with E-state index in [1.165, 1.54) is 0 Å². The highest BCUT2D eigenvalue weighted by molar-refractivity contribution is 5.62. The van der Waals surface area contributed by atoms with Gasteiger partial charge in [0.15, 0.2) is 0 Å². The summed E-state index contributed by atoms with van der Waals surface area (Å²) < 4.78 is 0. The van der Waals surface area contributed by atoms with Crippen LogP contribution in [0.1, 0.15) is 26.0 Å². The van der Waals surface area contributed by atoms with Crippen molar-refractivity contribution in [2.45, 2.75) is 33.2 Å². The molecule has 8 heteroatoms. The maximum absolute atomic E-state index is 11.3. The van der Waals surface area contributed by atoms with Gasteiger partial charge in [0.05, 0.1) is 17.4 Å². The van der Waals surface area contributed by atoms with Gasteiger partial charge in [-0.1, -0.05) is 0 Å². The van der Waals surface area contributed by atoms with E-state index in [1.54, 1.807) is 18.9 Å². The van der Waals surface area contributed by atoms with Crippen LogP contribution in [-0.4, -0.2) is 34.5 Å². The molecule has 0 fully saturated rings. The molecule has 1 aromatic heterocycles. The molecule has 0 unspecified atom stereocenters. The molecule has 0 aromatic carbocycles. The molecule has 0 bridgehead atoms. The number of aryl methyl sites for hydroxylation is 1. The average Bonchev–Trinajstić information content (AvgIpc) is 2.37. The predicted molar refractivity (Wildman–Crippen MR) is 75.7 cm³/mol. The van der Waals surface area contributed by atoms with Crippen molar-refractivity contribution in [2.24, 2.45) is 0 Å². The highest BCUT2D eigenvalue weighted by atomic mass is 16.6. The number of nitro groups is 1. The van der Waals surface area contributed by atoms with Crippen molar-refractivity contribution < 1.29 is 4.92 Å². The second kappa shape index (κ2) is 6.65. The van der Waals surface area contributed by atoms with E-state index in [0.717, 1.165) is 0 Å². The SMILES string of the molecule is CNc1nc(C)c([N+](=O)[O-])c(N(CCC#N)C(C)C)n1. The van der Waals surface area contributed by atoms with Crippen LogP contribution in [0.2, 0.25) is 0 Å². The van der Waals surface area contributed by atoms with Gasteiger partial charge in [0.25, 0.3) is 0 Å². The lowest BCUT2D eigenvalue weighted by molar-refractivity contribution is -0.385. The van der Waals surface area contributed by atoms with E-state index in [9.17, 15) is 10.1 Å². The molecular weight excluding hydrogens is 260 g/mol. The van der Waals surface area contributed by atoms with Gasteiger partial charge < -0.3 is 10.2 Å². The molecule has 8 nitrogen and oxygen atoms in total. The van der Waals surface area contributed by atoms with Gasteiger partial charge in [-0.05, 0) is 20.8 Å². The van der Waals surface area contributed by atoms with Crippen LogP contribution in [0.25, 0.3) is 0 Å². The third kappa shape index (κ3) is 3.32. The number of rotatable bonds is 6. The lowest BCUT2D eigenvalue weighted by Gasteiger charge is -2.27. The van der Waals surface area contributed by atoms with Gasteiger partial charge in [-0.2, -0.15) is 10.2 Å². The number of anilines is 2. The third-order valence-electron chi connectivity index (χ3n) is 2.81. The van der Waals surface area contributed by atoms with Gasteiger partial charge in [-0.3, -0.25) is 10.1 Å². The Kier molecular flexibility index (Phi) is 5.20. The summed E-state index contributed by atoms with van der Waals surface area (Å²) in [5, 5.41) is 22.8. The van der Waals surface area contributed by atoms with E-state index in [0.29, 0.717) is 18.2 Å². The van der Waals surface area contributed by atoms with Crippen molar-refractivity contribution >= 4 is 17.5 Å². The average molecular weight is 278 g/mol. The van der Waals surface area contributed by atoms with Gasteiger partial charge >= 0.3 is 5.69 Å². The van der Waals surface area contributed by atoms with E-state index in [1.807, 2.05) is 19.9 Å². The van der Waals surface area contributed by atoms with Gasteiger partial charge in [0.2, 0.25) is 11.8 Å². The van der Waals surface area contributed by atoms with Crippen LogP contribution in [-0.2, 0) is 0 Å². The summed E-state index contributed by atoms with van der Waals surface area (Å²) in [6.45, 7) is 5.76. The first-order valence-electron chi connectivity index (χ1n) is 6.26. The fourth-order valence-corrected chi connectivity index (χ4v) is 1.86. The Hall–Kier alpha value is -2.43. The Morgan fingerprint density at radius 1 is 1.50 bits per heavy atom. The van der Waals surface area contributed by atoms with Crippen LogP contribution in [0.15, 0.2) is 0 Å². The molecule has 1 rings (SSSR count). The van der Waals surface area contributed by atoms with Crippen LogP contribution in [0.5, 0.6) is 0 Å². The molecule has 0 radical (unpaired) electrons. The fourth-order valence-electron chi connectivity index (χ4n) is 1.86. The van der Waals surface area contributed by atoms with Crippen LogP contribution >= 0.6 is 0 Å². The quantitative estimate of drug-likeness (QED) is 0.625. The van der Waals surface area contributed by atoms with E-state index < -0.39 is 4.92 Å². The minimum atomic E-state index is -0.480. The van der Waals surface area contributed by atoms with Crippen molar-refractivity contribution in [2.75, 3.05) is 23.8 Å². The lowest BCUT2D eigenvalue weighted by atomic mass is 10.2. The smallest absolute Gasteiger partial charge is 0.332 e. The molecule has 0 spiro atoms. The third-order valence-corrected chi connectivity index (χ3v) is 2.81. The van der Waals surface area contributed by atoms with Gasteiger partial charge in [0, 0.05) is 19.6 Å². The van der Waals surface area contributed by atoms with E-state index in [4.69, 9.17) is 5.26 Å². The van der Waals surface area contributed by atoms with Gasteiger partial charge in [-0.25, -0.2) is 4.98 Å². The second-order valence-electron chi connectivity index (χ2n) is 4.51. The van der Waals surface area contributed by atoms with Crippen LogP contribution in [0, 0.1) is 28.4 Å². The Morgan fingerprint density at radius 3 is 2.60 bits per heavy atom. The molecule has 0 aliphatic rings. The van der Waals surface area contributed by atoms with Crippen LogP contribution in [0.3, 0.4) is 0 Å². The van der Waals surface area contributed by atoms with Crippen LogP contribution < -0.4 is 10.2 Å². The first-order chi connectivity index (χ1) is 9.42. The van der Waals surface area contributed by atoms with Crippen molar-refractivity contribution in [1.29, 1.82) is 5.26 Å². The molecule has 20 heavy (non-hydrogen) atoms. The van der Waals surface area contributed by atoms with Crippen LogP contribution in [0.4, 0.5) is 17.5 Å². The van der Waals surface area contributed by atoms with E-state index in [2.05, 4.69) is 15.3 Å². The molecular formula is C12H18N6O2. The molecule has 0 saturated heterocycles. The highest BCUT2D eigenvalue weighted by Gasteiger charge is 2.27. The van der Waals surface area contributed by atoms with Crippen molar-refractivity contribution in [3.63, 3.8) is 0 Å². The monoisotopic (exact) mass is 278 g/mol. The Bertz CT molecular complexity index is 537. The van der Waals surface area contributed by atoms with Gasteiger partial charge in [-0.15, -0.1) is 0 Å². The van der Waals surface area contributed by atoms with E-state index >= 15 is 0 Å². The molecule has 0 atom stereocenters. The number of nitriles is 1. The number of hydrogen-bond acceptors (Lipinski definition) is 7. The summed E-state index contributed by atoms with van der Waals surface area (Å²) in [4.78, 5) is 20.8. The van der Waals surface area contributed by atoms with Crippen molar-refractivity contribution in [3.8, 4) is 6.07 Å². The molecule has 0 aliphatic heterocycles. The molecule has 1 aromatic rings. The second-order valence-corrected chi connectivity index (χ2v) is 4.51. The Balaban J connectivity index is 3.40.